The molecule has 4 heterocycles. The quantitative estimate of drug-likeness (QED) is 0.0898. The minimum Gasteiger partial charge on any atom is -0.412 e. The van der Waals surface area contributed by atoms with Gasteiger partial charge in [0, 0.05) is 81.2 Å². The normalized spacial score (nSPS) is 30.2. The molecule has 10 rings (SSSR count). The Morgan fingerprint density at radius 1 is 0.580 bits per heavy atom. The zero-order valence-electron chi connectivity index (χ0n) is 41.2. The highest BCUT2D eigenvalue weighted by Crippen LogP contribution is 2.61. The number of rotatable bonds is 15. The number of carbonyl (C=O) groups is 1. The van der Waals surface area contributed by atoms with E-state index in [1.807, 2.05) is 24.3 Å². The molecule has 6 fully saturated rings. The van der Waals surface area contributed by atoms with Crippen molar-refractivity contribution in [2.75, 3.05) is 59.2 Å². The first-order valence-corrected chi connectivity index (χ1v) is 27.6. The summed E-state index contributed by atoms with van der Waals surface area (Å²) in [5.74, 6) is -1.40. The summed E-state index contributed by atoms with van der Waals surface area (Å²) in [6, 6.07) is 45.3. The Kier molecular flexibility index (Phi) is 17.2. The predicted molar refractivity (Wildman–Crippen MR) is 276 cm³/mol. The Morgan fingerprint density at radius 3 is 1.41 bits per heavy atom. The first-order chi connectivity index (χ1) is 32.5. The zero-order chi connectivity index (χ0) is 46.6. The largest absolute Gasteiger partial charge is 0.412 e. The van der Waals surface area contributed by atoms with Gasteiger partial charge in [-0.25, -0.2) is 0 Å². The molecule has 6 aliphatic rings. The Morgan fingerprint density at radius 2 is 0.957 bits per heavy atom. The van der Waals surface area contributed by atoms with E-state index < -0.39 is 42.2 Å². The van der Waals surface area contributed by atoms with Crippen LogP contribution < -0.4 is 0 Å². The van der Waals surface area contributed by atoms with Crippen LogP contribution in [0.4, 0.5) is 0 Å². The Bertz CT molecular complexity index is 2210. The van der Waals surface area contributed by atoms with Gasteiger partial charge in [-0.3, -0.25) is 9.80 Å². The summed E-state index contributed by atoms with van der Waals surface area (Å²) in [6.45, 7) is 13.6. The number of hydrogen-bond acceptors (Lipinski definition) is 10. The second kappa shape index (κ2) is 22.2. The maximum Gasteiger partial charge on any atom is 0.192 e. The number of ether oxygens (including phenoxy) is 4. The van der Waals surface area contributed by atoms with E-state index in [-0.39, 0.29) is 37.1 Å². The highest BCUT2D eigenvalue weighted by atomic mass is 32.1. The van der Waals surface area contributed by atoms with Crippen LogP contribution in [-0.2, 0) is 54.1 Å². The van der Waals surface area contributed by atoms with Gasteiger partial charge in [-0.05, 0) is 53.2 Å². The van der Waals surface area contributed by atoms with Crippen molar-refractivity contribution >= 4 is 28.1 Å². The monoisotopic (exact) mass is 983 g/mol. The molecule has 0 aromatic heterocycles. The van der Waals surface area contributed by atoms with Gasteiger partial charge < -0.3 is 43.9 Å². The second-order valence-corrected chi connectivity index (χ2v) is 26.0. The molecule has 4 aromatic carbocycles. The molecule has 13 heteroatoms. The van der Waals surface area contributed by atoms with Gasteiger partial charge in [-0.1, -0.05) is 142 Å². The smallest absolute Gasteiger partial charge is 0.192 e. The lowest BCUT2D eigenvalue weighted by Crippen LogP contribution is -2.72. The number of benzene rings is 4. The molecule has 0 amide bonds. The molecular weight excluding hydrogens is 905 g/mol. The van der Waals surface area contributed by atoms with Crippen molar-refractivity contribution in [1.82, 2.24) is 9.80 Å². The second-order valence-electron chi connectivity index (χ2n) is 21.2. The minimum atomic E-state index is -2.00. The first-order valence-electron chi connectivity index (χ1n) is 25.1. The summed E-state index contributed by atoms with van der Waals surface area (Å²) < 4.78 is 32.5. The van der Waals surface area contributed by atoms with Gasteiger partial charge in [-0.2, -0.15) is 13.5 Å². The third kappa shape index (κ3) is 10.9. The summed E-state index contributed by atoms with van der Waals surface area (Å²) in [5.41, 5.74) is 2.92. The van der Waals surface area contributed by atoms with Crippen molar-refractivity contribution < 1.29 is 43.9 Å². The molecule has 2 spiro atoms. The topological polar surface area (TPSA) is 142 Å². The fraction of sp³-hybridized carbons (Fsp3) is 0.554. The van der Waals surface area contributed by atoms with Crippen LogP contribution in [0.1, 0.15) is 68.7 Å². The fourth-order valence-corrected chi connectivity index (χ4v) is 16.9. The number of piperidine rings is 2. The van der Waals surface area contributed by atoms with E-state index in [1.165, 1.54) is 28.5 Å². The Labute approximate surface area is 418 Å². The molecule has 376 valence electrons. The molecule has 2 aliphatic carbocycles. The third-order valence-corrected chi connectivity index (χ3v) is 21.2. The Hall–Kier alpha value is -3.28. The summed E-state index contributed by atoms with van der Waals surface area (Å²) >= 11 is 0. The summed E-state index contributed by atoms with van der Waals surface area (Å²) in [4.78, 5) is 18.3. The molecule has 4 aliphatic heterocycles. The van der Waals surface area contributed by atoms with Crippen molar-refractivity contribution in [3.8, 4) is 0 Å². The van der Waals surface area contributed by atoms with Crippen LogP contribution in [0.3, 0.4) is 0 Å². The lowest BCUT2D eigenvalue weighted by Gasteiger charge is -2.64. The van der Waals surface area contributed by atoms with Gasteiger partial charge in [0.05, 0.1) is 50.7 Å². The van der Waals surface area contributed by atoms with Crippen LogP contribution in [0.15, 0.2) is 121 Å². The molecule has 0 radical (unpaired) electrons. The molecule has 6 atom stereocenters. The summed E-state index contributed by atoms with van der Waals surface area (Å²) in [5, 5.41) is 22.3. The number of aldehydes is 1. The summed E-state index contributed by atoms with van der Waals surface area (Å²) in [6.07, 6.45) is 4.53. The number of aliphatic hydroxyl groups is 2. The van der Waals surface area contributed by atoms with E-state index in [9.17, 15) is 15.0 Å². The maximum atomic E-state index is 13.4. The van der Waals surface area contributed by atoms with E-state index in [0.29, 0.717) is 58.8 Å². The lowest BCUT2D eigenvalue weighted by atomic mass is 9.53. The van der Waals surface area contributed by atoms with Crippen LogP contribution in [0, 0.1) is 21.7 Å². The Balaban J connectivity index is 0.000000202. The van der Waals surface area contributed by atoms with E-state index >= 15 is 0 Å². The van der Waals surface area contributed by atoms with Crippen molar-refractivity contribution in [2.24, 2.45) is 21.7 Å². The van der Waals surface area contributed by atoms with Crippen molar-refractivity contribution in [3.63, 3.8) is 0 Å². The van der Waals surface area contributed by atoms with Crippen molar-refractivity contribution in [2.45, 2.75) is 114 Å². The molecule has 4 aromatic rings. The van der Waals surface area contributed by atoms with Gasteiger partial charge in [0.2, 0.25) is 0 Å². The number of likely N-dealkylation sites (tertiary alicyclic amines) is 2. The third-order valence-electron chi connectivity index (χ3n) is 16.6. The van der Waals surface area contributed by atoms with E-state index in [1.54, 1.807) is 0 Å². The van der Waals surface area contributed by atoms with Gasteiger partial charge in [0.25, 0.3) is 0 Å². The van der Waals surface area contributed by atoms with Crippen molar-refractivity contribution in [3.05, 3.63) is 144 Å². The molecule has 4 N–H and O–H groups in total. The van der Waals surface area contributed by atoms with Gasteiger partial charge in [-0.15, -0.1) is 0 Å². The predicted octanol–water partition coefficient (Wildman–Crippen LogP) is 7.74. The van der Waals surface area contributed by atoms with Crippen LogP contribution in [0.5, 0.6) is 0 Å². The summed E-state index contributed by atoms with van der Waals surface area (Å²) in [7, 11) is -2.00. The van der Waals surface area contributed by atoms with E-state index in [4.69, 9.17) is 23.4 Å². The fourth-order valence-electron chi connectivity index (χ4n) is 13.9. The van der Waals surface area contributed by atoms with Crippen molar-refractivity contribution in [1.29, 1.82) is 0 Å². The number of fused-ring (bicyclic) bond motifs is 4. The average molecular weight is 983 g/mol. The maximum absolute atomic E-state index is 13.4. The standard InChI is InChI=1S/C31H43NO4Si.C25H31NO4.H2O.H2S/c1-4-37(5-2,6-3)36-28-29(19-26-13-9-7-10-14-26)21-31(34-17-18-35-31)22-30(28,25-33)24-32(23-29)20-27-15-11-8-12-16-27;27-19-24-16-25(29-11-12-30-25)15-23(22(24)28,13-20-7-3-1-4-8-20)17-26(18-24)14-21-9-5-2-6-10-21;;/h7-16,25,28H,4-6,17-24H2,1-3H3;1-10,22,27-28H,11-19H2;2*1H2. The van der Waals surface area contributed by atoms with Gasteiger partial charge in [0.1, 0.15) is 6.29 Å². The van der Waals surface area contributed by atoms with Gasteiger partial charge >= 0.3 is 0 Å². The average Bonchev–Trinajstić information content (AvgIpc) is 4.00. The number of carbonyl (C=O) groups excluding carboxylic acids is 1. The zero-order valence-corrected chi connectivity index (χ0v) is 43.2. The minimum absolute atomic E-state index is 0. The van der Waals surface area contributed by atoms with Crippen LogP contribution in [0.25, 0.3) is 0 Å². The molecule has 11 nitrogen and oxygen atoms in total. The number of hydrogen-bond donors (Lipinski definition) is 2. The lowest BCUT2D eigenvalue weighted by molar-refractivity contribution is -0.293. The molecule has 69 heavy (non-hydrogen) atoms. The van der Waals surface area contributed by atoms with E-state index in [2.05, 4.69) is 128 Å². The number of aliphatic hydroxyl groups excluding tert-OH is 2. The highest BCUT2D eigenvalue weighted by molar-refractivity contribution is 7.59. The molecule has 6 unspecified atom stereocenters. The van der Waals surface area contributed by atoms with Gasteiger partial charge in [0.15, 0.2) is 19.9 Å². The highest BCUT2D eigenvalue weighted by Gasteiger charge is 2.68. The first kappa shape index (κ1) is 53.5. The molecule has 4 saturated heterocycles. The molecule has 4 bridgehead atoms. The van der Waals surface area contributed by atoms with Crippen LogP contribution in [-0.4, -0.2) is 123 Å². The SMILES string of the molecule is CC[Si](CC)(CC)OC1C2(C=O)CN(Cc3ccccc3)CC1(Cc1ccccc1)CC1(C2)OCCO1.O.OCC12CN(Cc3ccccc3)CC(Cc3ccccc3)(CC3(C1)OCCO3)C2O.S. The number of nitrogens with zero attached hydrogens (tertiary/aromatic N) is 2. The van der Waals surface area contributed by atoms with Crippen LogP contribution in [0.2, 0.25) is 18.1 Å². The molecular formula is C56H78N2O9SSi. The molecule has 2 saturated carbocycles. The van der Waals surface area contributed by atoms with E-state index in [0.717, 1.165) is 63.6 Å². The van der Waals surface area contributed by atoms with Crippen LogP contribution >= 0.6 is 13.5 Å².